The molecule has 1 aromatic rings. The molecule has 2 nitrogen and oxygen atoms in total. The molecule has 0 aromatic heterocycles. The van der Waals surface area contributed by atoms with Gasteiger partial charge in [0.05, 0.1) is 0 Å². The highest BCUT2D eigenvalue weighted by Gasteiger charge is 2.29. The molecule has 20 heavy (non-hydrogen) atoms. The van der Waals surface area contributed by atoms with Crippen LogP contribution in [-0.4, -0.2) is 12.1 Å². The van der Waals surface area contributed by atoms with Gasteiger partial charge in [0.2, 0.25) is 0 Å². The van der Waals surface area contributed by atoms with E-state index in [1.807, 2.05) is 12.1 Å². The molecule has 2 rings (SSSR count). The third-order valence-electron chi connectivity index (χ3n) is 4.24. The molecule has 1 aliphatic carbocycles. The maximum Gasteiger partial charge on any atom is 0.123 e. The lowest BCUT2D eigenvalue weighted by atomic mass is 9.80. The first kappa shape index (κ1) is 15.5. The van der Waals surface area contributed by atoms with Crippen molar-refractivity contribution in [1.82, 2.24) is 5.32 Å². The molecule has 1 fully saturated rings. The van der Waals surface area contributed by atoms with Crippen molar-refractivity contribution >= 4 is 0 Å². The summed E-state index contributed by atoms with van der Waals surface area (Å²) in [5.74, 6) is -0.176. The summed E-state index contributed by atoms with van der Waals surface area (Å²) in [5.41, 5.74) is 7.23. The van der Waals surface area contributed by atoms with Crippen molar-refractivity contribution in [3.05, 3.63) is 35.6 Å². The van der Waals surface area contributed by atoms with Crippen LogP contribution in [-0.2, 0) is 0 Å². The van der Waals surface area contributed by atoms with Gasteiger partial charge in [-0.05, 0) is 48.8 Å². The van der Waals surface area contributed by atoms with Gasteiger partial charge in [-0.3, -0.25) is 0 Å². The summed E-state index contributed by atoms with van der Waals surface area (Å²) in [7, 11) is 0. The molecule has 0 radical (unpaired) electrons. The summed E-state index contributed by atoms with van der Waals surface area (Å²) in [6.45, 7) is 6.67. The molecule has 0 aliphatic heterocycles. The molecule has 1 aromatic carbocycles. The number of hydrogen-bond acceptors (Lipinski definition) is 2. The van der Waals surface area contributed by atoms with Crippen LogP contribution in [0.2, 0.25) is 0 Å². The SMILES string of the molecule is CC(C)(C)C(NC1CCC(N)CC1)c1ccc(F)cc1. The summed E-state index contributed by atoms with van der Waals surface area (Å²) in [6.07, 6.45) is 4.46. The van der Waals surface area contributed by atoms with Crippen molar-refractivity contribution in [2.45, 2.75) is 64.6 Å². The van der Waals surface area contributed by atoms with Gasteiger partial charge >= 0.3 is 0 Å². The number of halogens is 1. The molecule has 112 valence electrons. The van der Waals surface area contributed by atoms with Crippen LogP contribution in [0.15, 0.2) is 24.3 Å². The van der Waals surface area contributed by atoms with Crippen LogP contribution < -0.4 is 11.1 Å². The lowest BCUT2D eigenvalue weighted by molar-refractivity contribution is 0.220. The molecule has 0 spiro atoms. The fourth-order valence-corrected chi connectivity index (χ4v) is 3.02. The Balaban J connectivity index is 2.10. The monoisotopic (exact) mass is 278 g/mol. The second-order valence-electron chi connectivity index (χ2n) is 7.13. The number of hydrogen-bond donors (Lipinski definition) is 2. The van der Waals surface area contributed by atoms with Gasteiger partial charge in [-0.2, -0.15) is 0 Å². The lowest BCUT2D eigenvalue weighted by Gasteiger charge is -2.37. The number of rotatable bonds is 3. The van der Waals surface area contributed by atoms with E-state index in [4.69, 9.17) is 5.73 Å². The predicted octanol–water partition coefficient (Wildman–Crippen LogP) is 3.77. The minimum atomic E-state index is -0.176. The van der Waals surface area contributed by atoms with Gasteiger partial charge in [-0.25, -0.2) is 4.39 Å². The zero-order valence-electron chi connectivity index (χ0n) is 12.8. The molecule has 0 amide bonds. The summed E-state index contributed by atoms with van der Waals surface area (Å²) >= 11 is 0. The first-order valence-electron chi connectivity index (χ1n) is 7.63. The van der Waals surface area contributed by atoms with E-state index in [1.54, 1.807) is 12.1 Å². The smallest absolute Gasteiger partial charge is 0.123 e. The van der Waals surface area contributed by atoms with E-state index in [9.17, 15) is 4.39 Å². The van der Waals surface area contributed by atoms with E-state index in [2.05, 4.69) is 26.1 Å². The van der Waals surface area contributed by atoms with Crippen LogP contribution in [0.3, 0.4) is 0 Å². The zero-order valence-corrected chi connectivity index (χ0v) is 12.8. The highest BCUT2D eigenvalue weighted by Crippen LogP contribution is 2.34. The van der Waals surface area contributed by atoms with Crippen LogP contribution in [0.4, 0.5) is 4.39 Å². The Labute approximate surface area is 121 Å². The molecule has 0 heterocycles. The van der Waals surface area contributed by atoms with Gasteiger partial charge in [0.15, 0.2) is 0 Å². The normalized spacial score (nSPS) is 25.4. The quantitative estimate of drug-likeness (QED) is 0.883. The van der Waals surface area contributed by atoms with E-state index in [0.29, 0.717) is 12.1 Å². The van der Waals surface area contributed by atoms with Crippen LogP contribution in [0, 0.1) is 11.2 Å². The first-order chi connectivity index (χ1) is 9.36. The van der Waals surface area contributed by atoms with Gasteiger partial charge in [0.1, 0.15) is 5.82 Å². The van der Waals surface area contributed by atoms with Crippen LogP contribution in [0.5, 0.6) is 0 Å². The average molecular weight is 278 g/mol. The lowest BCUT2D eigenvalue weighted by Crippen LogP contribution is -2.43. The van der Waals surface area contributed by atoms with Crippen LogP contribution in [0.25, 0.3) is 0 Å². The van der Waals surface area contributed by atoms with E-state index in [1.165, 1.54) is 0 Å². The molecule has 0 saturated heterocycles. The van der Waals surface area contributed by atoms with Gasteiger partial charge < -0.3 is 11.1 Å². The minimum absolute atomic E-state index is 0.0946. The maximum absolute atomic E-state index is 13.1. The largest absolute Gasteiger partial charge is 0.328 e. The van der Waals surface area contributed by atoms with Gasteiger partial charge in [-0.15, -0.1) is 0 Å². The maximum atomic E-state index is 13.1. The molecular weight excluding hydrogens is 251 g/mol. The topological polar surface area (TPSA) is 38.0 Å². The molecular formula is C17H27FN2. The van der Waals surface area contributed by atoms with E-state index in [-0.39, 0.29) is 17.3 Å². The Morgan fingerprint density at radius 1 is 1.10 bits per heavy atom. The molecule has 3 N–H and O–H groups in total. The second kappa shape index (κ2) is 6.23. The van der Waals surface area contributed by atoms with Gasteiger partial charge in [0, 0.05) is 18.1 Å². The minimum Gasteiger partial charge on any atom is -0.328 e. The zero-order chi connectivity index (χ0) is 14.8. The van der Waals surface area contributed by atoms with Crippen molar-refractivity contribution < 1.29 is 4.39 Å². The Hall–Kier alpha value is -0.930. The van der Waals surface area contributed by atoms with Crippen LogP contribution >= 0.6 is 0 Å². The van der Waals surface area contributed by atoms with Gasteiger partial charge in [0.25, 0.3) is 0 Å². The van der Waals surface area contributed by atoms with Gasteiger partial charge in [-0.1, -0.05) is 32.9 Å². The molecule has 1 unspecified atom stereocenters. The molecule has 1 aliphatic rings. The number of nitrogens with one attached hydrogen (secondary N) is 1. The molecule has 0 bridgehead atoms. The summed E-state index contributed by atoms with van der Waals surface area (Å²) in [5, 5.41) is 3.77. The third-order valence-corrected chi connectivity index (χ3v) is 4.24. The summed E-state index contributed by atoms with van der Waals surface area (Å²) in [4.78, 5) is 0. The van der Waals surface area contributed by atoms with Crippen LogP contribution in [0.1, 0.15) is 58.1 Å². The predicted molar refractivity (Wildman–Crippen MR) is 82.0 cm³/mol. The van der Waals surface area contributed by atoms with Crippen molar-refractivity contribution in [1.29, 1.82) is 0 Å². The first-order valence-corrected chi connectivity index (χ1v) is 7.63. The van der Waals surface area contributed by atoms with E-state index in [0.717, 1.165) is 31.2 Å². The highest BCUT2D eigenvalue weighted by atomic mass is 19.1. The summed E-state index contributed by atoms with van der Waals surface area (Å²) in [6, 6.07) is 8.01. The Morgan fingerprint density at radius 3 is 2.15 bits per heavy atom. The summed E-state index contributed by atoms with van der Waals surface area (Å²) < 4.78 is 13.1. The molecule has 3 heteroatoms. The molecule has 1 saturated carbocycles. The van der Waals surface area contributed by atoms with Crippen molar-refractivity contribution in [2.75, 3.05) is 0 Å². The van der Waals surface area contributed by atoms with E-state index >= 15 is 0 Å². The Morgan fingerprint density at radius 2 is 1.65 bits per heavy atom. The fraction of sp³-hybridized carbons (Fsp3) is 0.647. The molecule has 1 atom stereocenters. The standard InChI is InChI=1S/C17H27FN2/c1-17(2,3)16(12-4-6-13(18)7-5-12)20-15-10-8-14(19)9-11-15/h4-7,14-16,20H,8-11,19H2,1-3H3. The van der Waals surface area contributed by atoms with E-state index < -0.39 is 0 Å². The highest BCUT2D eigenvalue weighted by molar-refractivity contribution is 5.22. The fourth-order valence-electron chi connectivity index (χ4n) is 3.02. The number of benzene rings is 1. The Bertz CT molecular complexity index is 414. The van der Waals surface area contributed by atoms with Crippen molar-refractivity contribution in [2.24, 2.45) is 11.1 Å². The second-order valence-corrected chi connectivity index (χ2v) is 7.13. The Kier molecular flexibility index (Phi) is 4.82. The average Bonchev–Trinajstić information content (AvgIpc) is 2.38. The number of nitrogens with two attached hydrogens (primary N) is 1. The van der Waals surface area contributed by atoms with Crippen molar-refractivity contribution in [3.63, 3.8) is 0 Å². The van der Waals surface area contributed by atoms with Crippen molar-refractivity contribution in [3.8, 4) is 0 Å². The third kappa shape index (κ3) is 4.03.